The van der Waals surface area contributed by atoms with Crippen LogP contribution in [0.4, 0.5) is 11.5 Å². The number of carbonyl (C=O) groups excluding carboxylic acids is 1. The molecule has 6 heteroatoms. The van der Waals surface area contributed by atoms with Gasteiger partial charge in [0.25, 0.3) is 5.91 Å². The lowest BCUT2D eigenvalue weighted by atomic mass is 10.1. The fraction of sp³-hybridized carbons (Fsp3) is 0.263. The van der Waals surface area contributed by atoms with Gasteiger partial charge in [-0.25, -0.2) is 4.98 Å². The van der Waals surface area contributed by atoms with E-state index in [9.17, 15) is 4.79 Å². The van der Waals surface area contributed by atoms with Gasteiger partial charge < -0.3 is 14.8 Å². The summed E-state index contributed by atoms with van der Waals surface area (Å²) in [5, 5.41) is 4.89. The Morgan fingerprint density at radius 2 is 1.88 bits per heavy atom. The molecule has 128 valence electrons. The number of nitrogens with one attached hydrogen (secondary N) is 1. The molecule has 5 nitrogen and oxygen atoms in total. The summed E-state index contributed by atoms with van der Waals surface area (Å²) in [5.74, 6) is 0.882. The molecule has 3 aromatic heterocycles. The molecule has 1 amide bonds. The molecule has 4 rings (SSSR count). The van der Waals surface area contributed by atoms with Crippen molar-refractivity contribution in [3.63, 3.8) is 0 Å². The third-order valence-corrected chi connectivity index (χ3v) is 5.32. The standard InChI is InChI=1S/C19H20N4OS/c24-19(18-16(8-13-25-18)22-9-4-5-10-22)21-15-6-7-17(20-14-15)23-11-2-1-3-12-23/h4-10,13-14H,1-3,11-12H2,(H,21,24). The summed E-state index contributed by atoms with van der Waals surface area (Å²) >= 11 is 1.44. The van der Waals surface area contributed by atoms with Crippen LogP contribution in [0.15, 0.2) is 54.3 Å². The summed E-state index contributed by atoms with van der Waals surface area (Å²) in [6.45, 7) is 2.13. The molecular weight excluding hydrogens is 332 g/mol. The van der Waals surface area contributed by atoms with E-state index in [1.54, 1.807) is 6.20 Å². The Bertz CT molecular complexity index is 833. The van der Waals surface area contributed by atoms with E-state index in [4.69, 9.17) is 0 Å². The normalized spacial score (nSPS) is 14.5. The molecule has 0 spiro atoms. The first-order valence-electron chi connectivity index (χ1n) is 8.54. The zero-order chi connectivity index (χ0) is 17.1. The lowest BCUT2D eigenvalue weighted by molar-refractivity contribution is 0.103. The number of anilines is 2. The van der Waals surface area contributed by atoms with Gasteiger partial charge in [-0.2, -0.15) is 0 Å². The highest BCUT2D eigenvalue weighted by Gasteiger charge is 2.15. The number of pyridine rings is 1. The smallest absolute Gasteiger partial charge is 0.267 e. The Morgan fingerprint density at radius 1 is 1.08 bits per heavy atom. The van der Waals surface area contributed by atoms with Crippen molar-refractivity contribution in [3.05, 3.63) is 59.2 Å². The van der Waals surface area contributed by atoms with Crippen LogP contribution in [0.25, 0.3) is 5.69 Å². The lowest BCUT2D eigenvalue weighted by Crippen LogP contribution is -2.30. The SMILES string of the molecule is O=C(Nc1ccc(N2CCCCC2)nc1)c1sccc1-n1cccc1. The van der Waals surface area contributed by atoms with Gasteiger partial charge in [0.1, 0.15) is 10.7 Å². The van der Waals surface area contributed by atoms with Crippen LogP contribution in [0.5, 0.6) is 0 Å². The molecule has 4 heterocycles. The number of aromatic nitrogens is 2. The molecule has 0 bridgehead atoms. The largest absolute Gasteiger partial charge is 0.357 e. The van der Waals surface area contributed by atoms with E-state index in [1.165, 1.54) is 30.6 Å². The topological polar surface area (TPSA) is 50.2 Å². The molecule has 1 aliphatic rings. The molecule has 0 radical (unpaired) electrons. The summed E-state index contributed by atoms with van der Waals surface area (Å²) < 4.78 is 1.95. The van der Waals surface area contributed by atoms with Crippen LogP contribution in [0.1, 0.15) is 28.9 Å². The molecule has 0 aromatic carbocycles. The number of hydrogen-bond donors (Lipinski definition) is 1. The molecular formula is C19H20N4OS. The highest BCUT2D eigenvalue weighted by Crippen LogP contribution is 2.23. The summed E-state index contributed by atoms with van der Waals surface area (Å²) in [4.78, 5) is 20.1. The van der Waals surface area contributed by atoms with Crippen LogP contribution in [-0.4, -0.2) is 28.5 Å². The van der Waals surface area contributed by atoms with Gasteiger partial charge in [0.15, 0.2) is 0 Å². The Balaban J connectivity index is 1.47. The number of rotatable bonds is 4. The second kappa shape index (κ2) is 7.11. The van der Waals surface area contributed by atoms with E-state index in [-0.39, 0.29) is 5.91 Å². The minimum absolute atomic E-state index is 0.105. The third kappa shape index (κ3) is 3.44. The maximum atomic E-state index is 12.6. The molecule has 1 N–H and O–H groups in total. The zero-order valence-corrected chi connectivity index (χ0v) is 14.7. The molecule has 0 atom stereocenters. The van der Waals surface area contributed by atoms with Gasteiger partial charge in [0.05, 0.1) is 17.6 Å². The fourth-order valence-electron chi connectivity index (χ4n) is 3.13. The van der Waals surface area contributed by atoms with Gasteiger partial charge in [0, 0.05) is 25.5 Å². The molecule has 3 aromatic rings. The molecule has 1 fully saturated rings. The van der Waals surface area contributed by atoms with Crippen molar-refractivity contribution in [2.45, 2.75) is 19.3 Å². The summed E-state index contributed by atoms with van der Waals surface area (Å²) in [6.07, 6.45) is 9.36. The minimum Gasteiger partial charge on any atom is -0.357 e. The molecule has 1 saturated heterocycles. The van der Waals surface area contributed by atoms with Crippen molar-refractivity contribution >= 4 is 28.7 Å². The number of carbonyl (C=O) groups is 1. The Kier molecular flexibility index (Phi) is 4.52. The minimum atomic E-state index is -0.105. The lowest BCUT2D eigenvalue weighted by Gasteiger charge is -2.27. The van der Waals surface area contributed by atoms with E-state index < -0.39 is 0 Å². The van der Waals surface area contributed by atoms with Gasteiger partial charge >= 0.3 is 0 Å². The predicted molar refractivity (Wildman–Crippen MR) is 102 cm³/mol. The van der Waals surface area contributed by atoms with Crippen LogP contribution in [0.3, 0.4) is 0 Å². The van der Waals surface area contributed by atoms with Crippen molar-refractivity contribution in [2.75, 3.05) is 23.3 Å². The zero-order valence-electron chi connectivity index (χ0n) is 13.9. The van der Waals surface area contributed by atoms with Crippen molar-refractivity contribution < 1.29 is 4.79 Å². The summed E-state index contributed by atoms with van der Waals surface area (Å²) in [6, 6.07) is 9.77. The second-order valence-corrected chi connectivity index (χ2v) is 7.05. The number of nitrogens with zero attached hydrogens (tertiary/aromatic N) is 3. The Hall–Kier alpha value is -2.60. The fourth-order valence-corrected chi connectivity index (χ4v) is 3.91. The maximum Gasteiger partial charge on any atom is 0.267 e. The number of thiophene rings is 1. The number of hydrogen-bond acceptors (Lipinski definition) is 4. The van der Waals surface area contributed by atoms with E-state index in [0.717, 1.165) is 30.3 Å². The first-order valence-corrected chi connectivity index (χ1v) is 9.42. The first-order chi connectivity index (χ1) is 12.3. The van der Waals surface area contributed by atoms with E-state index in [0.29, 0.717) is 4.88 Å². The van der Waals surface area contributed by atoms with Crippen molar-refractivity contribution in [3.8, 4) is 5.69 Å². The maximum absolute atomic E-state index is 12.6. The van der Waals surface area contributed by atoms with E-state index >= 15 is 0 Å². The van der Waals surface area contributed by atoms with E-state index in [2.05, 4.69) is 15.2 Å². The number of piperidine rings is 1. The Labute approximate surface area is 150 Å². The van der Waals surface area contributed by atoms with Crippen LogP contribution in [0, 0.1) is 0 Å². The quantitative estimate of drug-likeness (QED) is 0.766. The molecule has 0 saturated carbocycles. The molecule has 0 aliphatic carbocycles. The van der Waals surface area contributed by atoms with Gasteiger partial charge in [-0.05, 0) is 55.0 Å². The van der Waals surface area contributed by atoms with Crippen molar-refractivity contribution in [1.82, 2.24) is 9.55 Å². The average Bonchev–Trinajstić information content (AvgIpc) is 3.34. The number of amides is 1. The van der Waals surface area contributed by atoms with Gasteiger partial charge in [-0.3, -0.25) is 4.79 Å². The van der Waals surface area contributed by atoms with Crippen LogP contribution in [-0.2, 0) is 0 Å². The van der Waals surface area contributed by atoms with Crippen LogP contribution < -0.4 is 10.2 Å². The Morgan fingerprint density at radius 3 is 2.60 bits per heavy atom. The average molecular weight is 352 g/mol. The van der Waals surface area contributed by atoms with Crippen molar-refractivity contribution in [1.29, 1.82) is 0 Å². The highest BCUT2D eigenvalue weighted by molar-refractivity contribution is 7.12. The van der Waals surface area contributed by atoms with Crippen LogP contribution in [0.2, 0.25) is 0 Å². The monoisotopic (exact) mass is 352 g/mol. The van der Waals surface area contributed by atoms with Gasteiger partial charge in [0.2, 0.25) is 0 Å². The summed E-state index contributed by atoms with van der Waals surface area (Å²) in [5.41, 5.74) is 1.61. The third-order valence-electron chi connectivity index (χ3n) is 4.42. The van der Waals surface area contributed by atoms with Gasteiger partial charge in [-0.1, -0.05) is 0 Å². The molecule has 25 heavy (non-hydrogen) atoms. The highest BCUT2D eigenvalue weighted by atomic mass is 32.1. The van der Waals surface area contributed by atoms with Crippen molar-refractivity contribution in [2.24, 2.45) is 0 Å². The second-order valence-electron chi connectivity index (χ2n) is 6.13. The van der Waals surface area contributed by atoms with Gasteiger partial charge in [-0.15, -0.1) is 11.3 Å². The summed E-state index contributed by atoms with van der Waals surface area (Å²) in [7, 11) is 0. The first kappa shape index (κ1) is 15.9. The predicted octanol–water partition coefficient (Wildman–Crippen LogP) is 4.18. The molecule has 1 aliphatic heterocycles. The van der Waals surface area contributed by atoms with Crippen LogP contribution >= 0.6 is 11.3 Å². The molecule has 0 unspecified atom stereocenters. The van der Waals surface area contributed by atoms with E-state index in [1.807, 2.05) is 52.7 Å².